The lowest BCUT2D eigenvalue weighted by Crippen LogP contribution is -2.33. The minimum absolute atomic E-state index is 0.365. The van der Waals surface area contributed by atoms with Crippen molar-refractivity contribution in [2.75, 3.05) is 11.4 Å². The van der Waals surface area contributed by atoms with Crippen LogP contribution in [0.15, 0.2) is 46.9 Å². The van der Waals surface area contributed by atoms with Crippen LogP contribution < -0.4 is 4.90 Å². The van der Waals surface area contributed by atoms with Gasteiger partial charge in [-0.3, -0.25) is 0 Å². The van der Waals surface area contributed by atoms with Crippen molar-refractivity contribution >= 4 is 21.6 Å². The number of rotatable bonds is 2. The minimum Gasteiger partial charge on any atom is -0.508 e. The first-order chi connectivity index (χ1) is 9.63. The third-order valence-corrected chi connectivity index (χ3v) is 4.33. The number of halogens is 1. The molecule has 0 bridgehead atoms. The van der Waals surface area contributed by atoms with E-state index in [1.54, 1.807) is 6.07 Å². The molecule has 1 aliphatic heterocycles. The van der Waals surface area contributed by atoms with Gasteiger partial charge in [0.2, 0.25) is 0 Å². The Kier molecular flexibility index (Phi) is 3.70. The fourth-order valence-electron chi connectivity index (χ4n) is 2.94. The molecule has 1 aliphatic rings. The van der Waals surface area contributed by atoms with Crippen LogP contribution in [0.5, 0.6) is 5.75 Å². The van der Waals surface area contributed by atoms with Gasteiger partial charge >= 0.3 is 0 Å². The van der Waals surface area contributed by atoms with E-state index in [0.29, 0.717) is 11.7 Å². The maximum absolute atomic E-state index is 10.0. The predicted octanol–water partition coefficient (Wildman–Crippen LogP) is 4.35. The van der Waals surface area contributed by atoms with E-state index in [1.165, 1.54) is 11.3 Å². The van der Waals surface area contributed by atoms with Gasteiger partial charge in [0.15, 0.2) is 0 Å². The van der Waals surface area contributed by atoms with Gasteiger partial charge in [-0.2, -0.15) is 0 Å². The molecular weight excluding hydrogens is 314 g/mol. The van der Waals surface area contributed by atoms with Crippen LogP contribution in [0.2, 0.25) is 0 Å². The largest absolute Gasteiger partial charge is 0.508 e. The van der Waals surface area contributed by atoms with Crippen molar-refractivity contribution in [2.45, 2.75) is 19.9 Å². The molecule has 3 heteroatoms. The van der Waals surface area contributed by atoms with E-state index < -0.39 is 0 Å². The van der Waals surface area contributed by atoms with Crippen LogP contribution in [-0.4, -0.2) is 11.7 Å². The number of anilines is 1. The second-order valence-electron chi connectivity index (χ2n) is 5.59. The van der Waals surface area contributed by atoms with E-state index in [9.17, 15) is 5.11 Å². The Morgan fingerprint density at radius 1 is 1.25 bits per heavy atom. The summed E-state index contributed by atoms with van der Waals surface area (Å²) in [6, 6.07) is 14.2. The smallest absolute Gasteiger partial charge is 0.120 e. The maximum Gasteiger partial charge on any atom is 0.120 e. The van der Waals surface area contributed by atoms with E-state index >= 15 is 0 Å². The maximum atomic E-state index is 10.0. The lowest BCUT2D eigenvalue weighted by atomic mass is 9.93. The Morgan fingerprint density at radius 3 is 2.90 bits per heavy atom. The lowest BCUT2D eigenvalue weighted by molar-refractivity contribution is 0.463. The highest BCUT2D eigenvalue weighted by Gasteiger charge is 2.22. The van der Waals surface area contributed by atoms with Gasteiger partial charge in [-0.1, -0.05) is 41.1 Å². The van der Waals surface area contributed by atoms with Crippen molar-refractivity contribution in [3.8, 4) is 5.75 Å². The molecule has 2 aromatic rings. The van der Waals surface area contributed by atoms with Crippen molar-refractivity contribution in [2.24, 2.45) is 5.92 Å². The Hall–Kier alpha value is -1.48. The van der Waals surface area contributed by atoms with Crippen LogP contribution in [0.4, 0.5) is 5.69 Å². The van der Waals surface area contributed by atoms with Crippen molar-refractivity contribution in [3.05, 3.63) is 58.1 Å². The summed E-state index contributed by atoms with van der Waals surface area (Å²) in [6.07, 6.45) is 1.14. The predicted molar refractivity (Wildman–Crippen MR) is 86.2 cm³/mol. The number of para-hydroxylation sites is 1. The topological polar surface area (TPSA) is 23.5 Å². The Balaban J connectivity index is 1.93. The third kappa shape index (κ3) is 2.68. The minimum atomic E-state index is 0.365. The molecular formula is C17H18BrNO. The van der Waals surface area contributed by atoms with Crippen molar-refractivity contribution < 1.29 is 5.11 Å². The number of aromatic hydroxyl groups is 1. The van der Waals surface area contributed by atoms with Crippen LogP contribution >= 0.6 is 15.9 Å². The summed E-state index contributed by atoms with van der Waals surface area (Å²) in [7, 11) is 0. The summed E-state index contributed by atoms with van der Waals surface area (Å²) in [5.41, 5.74) is 3.66. The molecule has 2 nitrogen and oxygen atoms in total. The molecule has 2 aromatic carbocycles. The fraction of sp³-hybridized carbons (Fsp3) is 0.294. The second-order valence-corrected chi connectivity index (χ2v) is 6.51. The zero-order chi connectivity index (χ0) is 14.1. The Bertz CT molecular complexity index is 626. The zero-order valence-electron chi connectivity index (χ0n) is 11.5. The van der Waals surface area contributed by atoms with Crippen molar-refractivity contribution in [1.29, 1.82) is 0 Å². The molecule has 0 saturated carbocycles. The molecule has 0 aromatic heterocycles. The van der Waals surface area contributed by atoms with E-state index in [1.807, 2.05) is 12.1 Å². The first-order valence-corrected chi connectivity index (χ1v) is 7.73. The molecule has 1 heterocycles. The molecule has 0 aliphatic carbocycles. The van der Waals surface area contributed by atoms with Crippen molar-refractivity contribution in [1.82, 2.24) is 0 Å². The molecule has 3 rings (SSSR count). The summed E-state index contributed by atoms with van der Waals surface area (Å²) in [4.78, 5) is 2.37. The van der Waals surface area contributed by atoms with Crippen molar-refractivity contribution in [3.63, 3.8) is 0 Å². The number of phenols is 1. The summed E-state index contributed by atoms with van der Waals surface area (Å²) >= 11 is 3.48. The van der Waals surface area contributed by atoms with Crippen LogP contribution in [0.3, 0.4) is 0 Å². The Labute approximate surface area is 128 Å². The number of fused-ring (bicyclic) bond motifs is 1. The molecule has 1 atom stereocenters. The highest BCUT2D eigenvalue weighted by Crippen LogP contribution is 2.32. The van der Waals surface area contributed by atoms with Gasteiger partial charge in [0.1, 0.15) is 5.75 Å². The molecule has 0 fully saturated rings. The summed E-state index contributed by atoms with van der Waals surface area (Å²) in [6.45, 7) is 4.05. The van der Waals surface area contributed by atoms with Gasteiger partial charge < -0.3 is 10.0 Å². The normalized spacial score (nSPS) is 17.9. The molecule has 20 heavy (non-hydrogen) atoms. The van der Waals surface area contributed by atoms with E-state index in [-0.39, 0.29) is 0 Å². The molecule has 0 radical (unpaired) electrons. The summed E-state index contributed by atoms with van der Waals surface area (Å²) in [5, 5.41) is 10.0. The number of nitrogens with zero attached hydrogens (tertiary/aromatic N) is 1. The van der Waals surface area contributed by atoms with E-state index in [2.05, 4.69) is 52.0 Å². The first kappa shape index (κ1) is 13.5. The van der Waals surface area contributed by atoms with Crippen LogP contribution in [0, 0.1) is 5.92 Å². The molecule has 1 unspecified atom stereocenters. The standard InChI is InChI=1S/C17H18BrNO/c1-12-8-13-4-2-3-5-16(13)19(10-12)11-14-9-15(18)6-7-17(14)20/h2-7,9,12,20H,8,10-11H2,1H3. The number of hydrogen-bond acceptors (Lipinski definition) is 2. The molecule has 0 saturated heterocycles. The first-order valence-electron chi connectivity index (χ1n) is 6.93. The fourth-order valence-corrected chi connectivity index (χ4v) is 3.35. The quantitative estimate of drug-likeness (QED) is 0.884. The molecule has 0 amide bonds. The highest BCUT2D eigenvalue weighted by atomic mass is 79.9. The van der Waals surface area contributed by atoms with Gasteiger partial charge in [0.05, 0.1) is 0 Å². The summed E-state index contributed by atoms with van der Waals surface area (Å²) in [5.74, 6) is 1.00. The SMILES string of the molecule is CC1Cc2ccccc2N(Cc2cc(Br)ccc2O)C1. The van der Waals surface area contributed by atoms with Crippen LogP contribution in [-0.2, 0) is 13.0 Å². The average Bonchev–Trinajstić information content (AvgIpc) is 2.43. The van der Waals surface area contributed by atoms with Gasteiger partial charge in [-0.25, -0.2) is 0 Å². The van der Waals surface area contributed by atoms with Gasteiger partial charge in [-0.15, -0.1) is 0 Å². The lowest BCUT2D eigenvalue weighted by Gasteiger charge is -2.35. The molecule has 1 N–H and O–H groups in total. The average molecular weight is 332 g/mol. The number of benzene rings is 2. The second kappa shape index (κ2) is 5.49. The number of hydrogen-bond donors (Lipinski definition) is 1. The van der Waals surface area contributed by atoms with Gasteiger partial charge in [0.25, 0.3) is 0 Å². The Morgan fingerprint density at radius 2 is 2.05 bits per heavy atom. The molecule has 0 spiro atoms. The van der Waals surface area contributed by atoms with E-state index in [4.69, 9.17) is 0 Å². The summed E-state index contributed by atoms with van der Waals surface area (Å²) < 4.78 is 1.00. The van der Waals surface area contributed by atoms with E-state index in [0.717, 1.165) is 29.5 Å². The third-order valence-electron chi connectivity index (χ3n) is 3.84. The number of phenolic OH excluding ortho intramolecular Hbond substituents is 1. The van der Waals surface area contributed by atoms with Crippen LogP contribution in [0.1, 0.15) is 18.1 Å². The van der Waals surface area contributed by atoms with Gasteiger partial charge in [-0.05, 0) is 42.2 Å². The highest BCUT2D eigenvalue weighted by molar-refractivity contribution is 9.10. The zero-order valence-corrected chi connectivity index (χ0v) is 13.1. The monoisotopic (exact) mass is 331 g/mol. The van der Waals surface area contributed by atoms with Gasteiger partial charge in [0, 0.05) is 28.8 Å². The van der Waals surface area contributed by atoms with Crippen LogP contribution in [0.25, 0.3) is 0 Å². The molecule has 104 valence electrons.